The molecular weight excluding hydrogens is 234 g/mol. The van der Waals surface area contributed by atoms with Crippen molar-refractivity contribution in [1.82, 2.24) is 15.5 Å². The molecule has 102 valence electrons. The van der Waals surface area contributed by atoms with Gasteiger partial charge >= 0.3 is 11.8 Å². The number of rotatable bonds is 1. The van der Waals surface area contributed by atoms with Crippen molar-refractivity contribution >= 4 is 11.8 Å². The van der Waals surface area contributed by atoms with Gasteiger partial charge in [-0.2, -0.15) is 0 Å². The van der Waals surface area contributed by atoms with Crippen LogP contribution < -0.4 is 10.6 Å². The second-order valence-electron chi connectivity index (χ2n) is 5.21. The Morgan fingerprint density at radius 3 is 2.89 bits per heavy atom. The van der Waals surface area contributed by atoms with Crippen LogP contribution in [0.3, 0.4) is 0 Å². The van der Waals surface area contributed by atoms with Crippen molar-refractivity contribution in [2.75, 3.05) is 39.4 Å². The van der Waals surface area contributed by atoms with Crippen molar-refractivity contribution in [2.24, 2.45) is 0 Å². The van der Waals surface area contributed by atoms with E-state index in [9.17, 15) is 9.59 Å². The Kier molecular flexibility index (Phi) is 4.19. The zero-order valence-corrected chi connectivity index (χ0v) is 10.8. The average molecular weight is 255 g/mol. The molecule has 2 aliphatic rings. The molecule has 2 aliphatic heterocycles. The summed E-state index contributed by atoms with van der Waals surface area (Å²) in [5, 5.41) is 6.00. The molecule has 6 nitrogen and oxygen atoms in total. The molecule has 2 N–H and O–H groups in total. The summed E-state index contributed by atoms with van der Waals surface area (Å²) in [4.78, 5) is 25.6. The fraction of sp³-hybridized carbons (Fsp3) is 0.833. The van der Waals surface area contributed by atoms with Gasteiger partial charge in [-0.1, -0.05) is 0 Å². The van der Waals surface area contributed by atoms with Crippen LogP contribution in [0.1, 0.15) is 19.8 Å². The maximum absolute atomic E-state index is 12.0. The molecule has 2 heterocycles. The van der Waals surface area contributed by atoms with Crippen LogP contribution in [0.2, 0.25) is 0 Å². The van der Waals surface area contributed by atoms with Crippen LogP contribution in [0.4, 0.5) is 0 Å². The lowest BCUT2D eigenvalue weighted by molar-refractivity contribution is -0.146. The Morgan fingerprint density at radius 1 is 1.33 bits per heavy atom. The average Bonchev–Trinajstić information content (AvgIpc) is 2.63. The largest absolute Gasteiger partial charge is 0.379 e. The van der Waals surface area contributed by atoms with E-state index in [1.165, 1.54) is 0 Å². The zero-order valence-electron chi connectivity index (χ0n) is 10.8. The van der Waals surface area contributed by atoms with Gasteiger partial charge in [-0.05, 0) is 26.3 Å². The maximum Gasteiger partial charge on any atom is 0.311 e. The molecule has 0 aromatic heterocycles. The van der Waals surface area contributed by atoms with Gasteiger partial charge in [-0.15, -0.1) is 0 Å². The van der Waals surface area contributed by atoms with E-state index >= 15 is 0 Å². The van der Waals surface area contributed by atoms with E-state index in [-0.39, 0.29) is 0 Å². The summed E-state index contributed by atoms with van der Waals surface area (Å²) < 4.78 is 5.26. The number of amides is 2. The quantitative estimate of drug-likeness (QED) is 0.596. The molecule has 18 heavy (non-hydrogen) atoms. The summed E-state index contributed by atoms with van der Waals surface area (Å²) in [6.07, 6.45) is 1.65. The molecule has 1 unspecified atom stereocenters. The van der Waals surface area contributed by atoms with E-state index in [2.05, 4.69) is 10.6 Å². The third kappa shape index (κ3) is 3.20. The highest BCUT2D eigenvalue weighted by atomic mass is 16.5. The summed E-state index contributed by atoms with van der Waals surface area (Å²) in [5.74, 6) is -0.934. The monoisotopic (exact) mass is 255 g/mol. The number of ether oxygens (including phenoxy) is 1. The number of carbonyl (C=O) groups is 2. The molecule has 0 saturated carbocycles. The summed E-state index contributed by atoms with van der Waals surface area (Å²) in [5.41, 5.74) is -0.392. The number of nitrogens with one attached hydrogen (secondary N) is 2. The molecule has 1 atom stereocenters. The minimum atomic E-state index is -0.509. The van der Waals surface area contributed by atoms with Gasteiger partial charge in [0.2, 0.25) is 0 Å². The Bertz CT molecular complexity index is 319. The van der Waals surface area contributed by atoms with Gasteiger partial charge in [0.1, 0.15) is 0 Å². The van der Waals surface area contributed by atoms with Crippen LogP contribution in [0.25, 0.3) is 0 Å². The Hall–Kier alpha value is -1.14. The predicted molar refractivity (Wildman–Crippen MR) is 66.1 cm³/mol. The molecule has 0 aromatic rings. The lowest BCUT2D eigenvalue weighted by Crippen LogP contribution is -2.53. The van der Waals surface area contributed by atoms with E-state index in [4.69, 9.17) is 4.74 Å². The van der Waals surface area contributed by atoms with Crippen LogP contribution in [0.5, 0.6) is 0 Å². The van der Waals surface area contributed by atoms with Crippen LogP contribution in [-0.4, -0.2) is 61.6 Å². The fourth-order valence-electron chi connectivity index (χ4n) is 2.29. The normalized spacial score (nSPS) is 28.8. The van der Waals surface area contributed by atoms with Gasteiger partial charge in [-0.25, -0.2) is 0 Å². The van der Waals surface area contributed by atoms with E-state index in [1.54, 1.807) is 4.90 Å². The van der Waals surface area contributed by atoms with Crippen LogP contribution >= 0.6 is 0 Å². The van der Waals surface area contributed by atoms with Crippen molar-refractivity contribution in [3.05, 3.63) is 0 Å². The molecule has 2 fully saturated rings. The van der Waals surface area contributed by atoms with E-state index in [0.717, 1.165) is 25.9 Å². The Balaban J connectivity index is 1.89. The van der Waals surface area contributed by atoms with Crippen LogP contribution in [0, 0.1) is 0 Å². The van der Waals surface area contributed by atoms with E-state index in [0.29, 0.717) is 26.3 Å². The van der Waals surface area contributed by atoms with Gasteiger partial charge in [0.15, 0.2) is 0 Å². The van der Waals surface area contributed by atoms with Crippen molar-refractivity contribution in [2.45, 2.75) is 25.3 Å². The molecule has 2 saturated heterocycles. The first kappa shape index (κ1) is 13.3. The maximum atomic E-state index is 12.0. The van der Waals surface area contributed by atoms with Gasteiger partial charge in [-0.3, -0.25) is 9.59 Å². The smallest absolute Gasteiger partial charge is 0.311 e. The summed E-state index contributed by atoms with van der Waals surface area (Å²) in [6.45, 7) is 5.92. The van der Waals surface area contributed by atoms with Crippen LogP contribution in [-0.2, 0) is 14.3 Å². The molecule has 2 amide bonds. The number of hydrogen-bond acceptors (Lipinski definition) is 4. The van der Waals surface area contributed by atoms with E-state index in [1.807, 2.05) is 6.92 Å². The third-order valence-corrected chi connectivity index (χ3v) is 3.46. The Morgan fingerprint density at radius 2 is 2.17 bits per heavy atom. The molecule has 0 aromatic carbocycles. The third-order valence-electron chi connectivity index (χ3n) is 3.46. The Labute approximate surface area is 107 Å². The van der Waals surface area contributed by atoms with Gasteiger partial charge < -0.3 is 20.3 Å². The minimum Gasteiger partial charge on any atom is -0.379 e. The van der Waals surface area contributed by atoms with Crippen molar-refractivity contribution in [3.63, 3.8) is 0 Å². The lowest BCUT2D eigenvalue weighted by atomic mass is 10.0. The van der Waals surface area contributed by atoms with Crippen molar-refractivity contribution < 1.29 is 14.3 Å². The predicted octanol–water partition coefficient (Wildman–Crippen LogP) is -0.896. The molecule has 0 radical (unpaired) electrons. The summed E-state index contributed by atoms with van der Waals surface area (Å²) in [6, 6.07) is 0. The van der Waals surface area contributed by atoms with Crippen molar-refractivity contribution in [1.29, 1.82) is 0 Å². The van der Waals surface area contributed by atoms with Crippen LogP contribution in [0.15, 0.2) is 0 Å². The zero-order chi connectivity index (χ0) is 13.0. The van der Waals surface area contributed by atoms with E-state index < -0.39 is 17.4 Å². The lowest BCUT2D eigenvalue weighted by Gasteiger charge is -2.25. The number of carbonyl (C=O) groups excluding carboxylic acids is 2. The van der Waals surface area contributed by atoms with Gasteiger partial charge in [0, 0.05) is 26.2 Å². The standard InChI is InChI=1S/C12H21N3O3/c1-12(3-8-18-9-12)14-10(16)11(17)15-6-2-4-13-5-7-15/h13H,2-9H2,1H3,(H,14,16). The minimum absolute atomic E-state index is 0.392. The molecule has 0 spiro atoms. The molecular formula is C12H21N3O3. The number of nitrogens with zero attached hydrogens (tertiary/aromatic N) is 1. The second-order valence-corrected chi connectivity index (χ2v) is 5.21. The highest BCUT2D eigenvalue weighted by Gasteiger charge is 2.34. The summed E-state index contributed by atoms with van der Waals surface area (Å²) >= 11 is 0. The molecule has 6 heteroatoms. The first-order chi connectivity index (χ1) is 8.61. The SMILES string of the molecule is CC1(NC(=O)C(=O)N2CCCNCC2)CCOC1. The van der Waals surface area contributed by atoms with Crippen molar-refractivity contribution in [3.8, 4) is 0 Å². The second kappa shape index (κ2) is 5.67. The topological polar surface area (TPSA) is 70.7 Å². The van der Waals surface area contributed by atoms with Gasteiger partial charge in [0.05, 0.1) is 12.1 Å². The fourth-order valence-corrected chi connectivity index (χ4v) is 2.29. The highest BCUT2D eigenvalue weighted by molar-refractivity contribution is 6.35. The summed E-state index contributed by atoms with van der Waals surface area (Å²) in [7, 11) is 0. The number of hydrogen-bond donors (Lipinski definition) is 2. The molecule has 0 aliphatic carbocycles. The first-order valence-corrected chi connectivity index (χ1v) is 6.51. The molecule has 2 rings (SSSR count). The first-order valence-electron chi connectivity index (χ1n) is 6.51. The highest BCUT2D eigenvalue weighted by Crippen LogP contribution is 2.17. The molecule has 0 bridgehead atoms. The van der Waals surface area contributed by atoms with Gasteiger partial charge in [0.25, 0.3) is 0 Å².